The van der Waals surface area contributed by atoms with Gasteiger partial charge in [-0.25, -0.2) is 14.6 Å². The first kappa shape index (κ1) is 18.9. The second kappa shape index (κ2) is 8.68. The Balaban J connectivity index is 1.56. The molecule has 0 unspecified atom stereocenters. The van der Waals surface area contributed by atoms with E-state index in [2.05, 4.69) is 15.5 Å². The molecule has 0 fully saturated rings. The van der Waals surface area contributed by atoms with Gasteiger partial charge in [0.2, 0.25) is 0 Å². The third-order valence-electron chi connectivity index (χ3n) is 3.70. The van der Waals surface area contributed by atoms with Crippen LogP contribution in [0.3, 0.4) is 0 Å². The number of hydrogen-bond donors (Lipinski definition) is 1. The fraction of sp³-hybridized carbons (Fsp3) is 0.0476. The number of aryl methyl sites for hydroxylation is 1. The van der Waals surface area contributed by atoms with Crippen LogP contribution in [0.4, 0.5) is 4.39 Å². The molecular formula is C21H16FN3O3. The lowest BCUT2D eigenvalue weighted by atomic mass is 10.2. The number of amides is 1. The van der Waals surface area contributed by atoms with Crippen molar-refractivity contribution in [3.63, 3.8) is 0 Å². The predicted molar refractivity (Wildman–Crippen MR) is 102 cm³/mol. The summed E-state index contributed by atoms with van der Waals surface area (Å²) in [5.74, 6) is -1.23. The van der Waals surface area contributed by atoms with Gasteiger partial charge in [-0.2, -0.15) is 5.10 Å². The van der Waals surface area contributed by atoms with Gasteiger partial charge in [0.05, 0.1) is 17.3 Å². The van der Waals surface area contributed by atoms with Gasteiger partial charge in [0.15, 0.2) is 0 Å². The summed E-state index contributed by atoms with van der Waals surface area (Å²) < 4.78 is 18.4. The van der Waals surface area contributed by atoms with Crippen molar-refractivity contribution in [2.24, 2.45) is 5.10 Å². The first-order valence-electron chi connectivity index (χ1n) is 8.35. The Morgan fingerprint density at radius 2 is 1.86 bits per heavy atom. The van der Waals surface area contributed by atoms with Crippen LogP contribution in [-0.4, -0.2) is 23.1 Å². The normalized spacial score (nSPS) is 10.6. The van der Waals surface area contributed by atoms with Crippen LogP contribution in [-0.2, 0) is 0 Å². The van der Waals surface area contributed by atoms with Crippen LogP contribution < -0.4 is 10.2 Å². The molecule has 1 heterocycles. The van der Waals surface area contributed by atoms with Gasteiger partial charge in [-0.3, -0.25) is 9.78 Å². The molecule has 1 aromatic heterocycles. The number of esters is 1. The number of aromatic nitrogens is 1. The number of benzene rings is 2. The monoisotopic (exact) mass is 377 g/mol. The highest BCUT2D eigenvalue weighted by Gasteiger charge is 2.09. The van der Waals surface area contributed by atoms with Crippen LogP contribution in [0.25, 0.3) is 0 Å². The Morgan fingerprint density at radius 3 is 2.54 bits per heavy atom. The smallest absolute Gasteiger partial charge is 0.343 e. The summed E-state index contributed by atoms with van der Waals surface area (Å²) >= 11 is 0. The van der Waals surface area contributed by atoms with Crippen molar-refractivity contribution in [3.05, 3.63) is 95.1 Å². The number of hydrogen-bond acceptors (Lipinski definition) is 5. The zero-order chi connectivity index (χ0) is 19.9. The van der Waals surface area contributed by atoms with Crippen LogP contribution in [0.15, 0.2) is 72.0 Å². The number of nitrogens with zero attached hydrogens (tertiary/aromatic N) is 2. The molecule has 3 rings (SSSR count). The van der Waals surface area contributed by atoms with E-state index in [1.807, 2.05) is 6.92 Å². The summed E-state index contributed by atoms with van der Waals surface area (Å²) in [6.45, 7) is 1.83. The van der Waals surface area contributed by atoms with Crippen molar-refractivity contribution in [2.45, 2.75) is 6.92 Å². The van der Waals surface area contributed by atoms with Crippen LogP contribution in [0, 0.1) is 12.7 Å². The molecule has 0 saturated heterocycles. The number of carbonyl (C=O) groups excluding carboxylic acids is 2. The Labute approximate surface area is 160 Å². The number of carbonyl (C=O) groups is 2. The van der Waals surface area contributed by atoms with Gasteiger partial charge in [0.1, 0.15) is 11.6 Å². The van der Waals surface area contributed by atoms with E-state index in [0.29, 0.717) is 16.9 Å². The lowest BCUT2D eigenvalue weighted by molar-refractivity contribution is 0.0734. The maximum Gasteiger partial charge on any atom is 0.343 e. The van der Waals surface area contributed by atoms with E-state index in [-0.39, 0.29) is 11.5 Å². The van der Waals surface area contributed by atoms with Crippen molar-refractivity contribution in [1.29, 1.82) is 0 Å². The molecule has 0 aliphatic carbocycles. The molecule has 3 aromatic rings. The summed E-state index contributed by atoms with van der Waals surface area (Å²) in [4.78, 5) is 28.0. The van der Waals surface area contributed by atoms with Gasteiger partial charge in [-0.15, -0.1) is 0 Å². The molecule has 1 amide bonds. The van der Waals surface area contributed by atoms with Gasteiger partial charge in [0, 0.05) is 11.9 Å². The van der Waals surface area contributed by atoms with Crippen molar-refractivity contribution < 1.29 is 18.7 Å². The summed E-state index contributed by atoms with van der Waals surface area (Å²) in [5.41, 5.74) is 4.44. The van der Waals surface area contributed by atoms with Gasteiger partial charge in [-0.05, 0) is 67.1 Å². The molecule has 2 aromatic carbocycles. The minimum Gasteiger partial charge on any atom is -0.423 e. The standard InChI is InChI=1S/C21H16FN3O3/c1-14-5-8-17(13-23-14)20(26)25-24-12-15-6-9-19(10-7-15)28-21(27)16-3-2-4-18(22)11-16/h2-13H,1H3,(H,25,26). The molecule has 0 saturated carbocycles. The van der Waals surface area contributed by atoms with Gasteiger partial charge >= 0.3 is 5.97 Å². The zero-order valence-electron chi connectivity index (χ0n) is 14.9. The quantitative estimate of drug-likeness (QED) is 0.319. The number of halogens is 1. The van der Waals surface area contributed by atoms with E-state index in [1.165, 1.54) is 30.6 Å². The molecule has 28 heavy (non-hydrogen) atoms. The number of pyridine rings is 1. The molecule has 1 N–H and O–H groups in total. The second-order valence-corrected chi connectivity index (χ2v) is 5.86. The molecule has 7 heteroatoms. The molecule has 0 radical (unpaired) electrons. The minimum absolute atomic E-state index is 0.124. The number of nitrogens with one attached hydrogen (secondary N) is 1. The van der Waals surface area contributed by atoms with Crippen LogP contribution in [0.1, 0.15) is 32.0 Å². The molecule has 0 aliphatic heterocycles. The van der Waals surface area contributed by atoms with Crippen molar-refractivity contribution >= 4 is 18.1 Å². The average Bonchev–Trinajstić information content (AvgIpc) is 2.69. The number of ether oxygens (including phenoxy) is 1. The number of hydrazone groups is 1. The maximum atomic E-state index is 13.2. The molecule has 140 valence electrons. The number of rotatable bonds is 5. The Kier molecular flexibility index (Phi) is 5.86. The molecule has 0 atom stereocenters. The van der Waals surface area contributed by atoms with E-state index in [1.54, 1.807) is 36.4 Å². The van der Waals surface area contributed by atoms with Crippen molar-refractivity contribution in [3.8, 4) is 5.75 Å². The molecule has 0 bridgehead atoms. The fourth-order valence-electron chi connectivity index (χ4n) is 2.24. The van der Waals surface area contributed by atoms with E-state index < -0.39 is 11.8 Å². The first-order chi connectivity index (χ1) is 13.5. The Morgan fingerprint density at radius 1 is 1.07 bits per heavy atom. The summed E-state index contributed by atoms with van der Waals surface area (Å²) in [6.07, 6.45) is 2.93. The van der Waals surface area contributed by atoms with Crippen LogP contribution in [0.5, 0.6) is 5.75 Å². The third kappa shape index (κ3) is 5.07. The molecule has 0 aliphatic rings. The zero-order valence-corrected chi connectivity index (χ0v) is 14.9. The summed E-state index contributed by atoms with van der Waals surface area (Å²) in [5, 5.41) is 3.89. The first-order valence-corrected chi connectivity index (χ1v) is 8.35. The highest BCUT2D eigenvalue weighted by molar-refractivity contribution is 5.94. The summed E-state index contributed by atoms with van der Waals surface area (Å²) in [7, 11) is 0. The fourth-order valence-corrected chi connectivity index (χ4v) is 2.24. The average molecular weight is 377 g/mol. The third-order valence-corrected chi connectivity index (χ3v) is 3.70. The van der Waals surface area contributed by atoms with E-state index in [0.717, 1.165) is 11.8 Å². The summed E-state index contributed by atoms with van der Waals surface area (Å²) in [6, 6.07) is 15.1. The lowest BCUT2D eigenvalue weighted by Gasteiger charge is -2.04. The second-order valence-electron chi connectivity index (χ2n) is 5.86. The molecular weight excluding hydrogens is 361 g/mol. The minimum atomic E-state index is -0.653. The topological polar surface area (TPSA) is 80.6 Å². The van der Waals surface area contributed by atoms with Crippen molar-refractivity contribution in [1.82, 2.24) is 10.4 Å². The van der Waals surface area contributed by atoms with Crippen LogP contribution in [0.2, 0.25) is 0 Å². The van der Waals surface area contributed by atoms with E-state index in [9.17, 15) is 14.0 Å². The van der Waals surface area contributed by atoms with Crippen LogP contribution >= 0.6 is 0 Å². The molecule has 0 spiro atoms. The molecule has 6 nitrogen and oxygen atoms in total. The largest absolute Gasteiger partial charge is 0.423 e. The van der Waals surface area contributed by atoms with Crippen molar-refractivity contribution in [2.75, 3.05) is 0 Å². The van der Waals surface area contributed by atoms with Gasteiger partial charge < -0.3 is 4.74 Å². The highest BCUT2D eigenvalue weighted by atomic mass is 19.1. The van der Waals surface area contributed by atoms with E-state index in [4.69, 9.17) is 4.74 Å². The predicted octanol–water partition coefficient (Wildman–Crippen LogP) is 3.51. The van der Waals surface area contributed by atoms with Gasteiger partial charge in [-0.1, -0.05) is 6.07 Å². The Hall–Kier alpha value is -3.87. The maximum absolute atomic E-state index is 13.2. The Bertz CT molecular complexity index is 1020. The van der Waals surface area contributed by atoms with Gasteiger partial charge in [0.25, 0.3) is 5.91 Å². The lowest BCUT2D eigenvalue weighted by Crippen LogP contribution is -2.17. The SMILES string of the molecule is Cc1ccc(C(=O)NN=Cc2ccc(OC(=O)c3cccc(F)c3)cc2)cn1. The van der Waals surface area contributed by atoms with E-state index >= 15 is 0 Å². The highest BCUT2D eigenvalue weighted by Crippen LogP contribution is 2.14.